The molecule has 0 saturated carbocycles. The molecule has 0 bridgehead atoms. The first-order valence-electron chi connectivity index (χ1n) is 5.37. The van der Waals surface area contributed by atoms with Crippen LogP contribution < -0.4 is 4.74 Å². The fraction of sp³-hybridized carbons (Fsp3) is 0.0769. The average molecular weight is 346 g/mol. The summed E-state index contributed by atoms with van der Waals surface area (Å²) in [7, 11) is 0. The van der Waals surface area contributed by atoms with Gasteiger partial charge < -0.3 is 4.74 Å². The molecule has 0 unspecified atom stereocenters. The molecule has 20 heavy (non-hydrogen) atoms. The zero-order valence-corrected chi connectivity index (χ0v) is 11.4. The fourth-order valence-electron chi connectivity index (χ4n) is 1.47. The van der Waals surface area contributed by atoms with E-state index < -0.39 is 23.5 Å². The highest BCUT2D eigenvalue weighted by molar-refractivity contribution is 9.10. The second-order valence-corrected chi connectivity index (χ2v) is 4.69. The molecule has 0 amide bonds. The van der Waals surface area contributed by atoms with Gasteiger partial charge in [0.05, 0.1) is 11.1 Å². The molecule has 0 saturated heterocycles. The molecule has 7 heteroatoms. The van der Waals surface area contributed by atoms with Crippen molar-refractivity contribution in [1.29, 1.82) is 0 Å². The lowest BCUT2D eigenvalue weighted by molar-refractivity contribution is -0.138. The average Bonchev–Trinajstić information content (AvgIpc) is 2.38. The van der Waals surface area contributed by atoms with E-state index in [-0.39, 0.29) is 5.56 Å². The lowest BCUT2D eigenvalue weighted by Crippen LogP contribution is -2.13. The first kappa shape index (κ1) is 14.5. The van der Waals surface area contributed by atoms with Crippen molar-refractivity contribution in [2.75, 3.05) is 0 Å². The molecule has 2 rings (SSSR count). The molecule has 0 spiro atoms. The number of aromatic nitrogens is 1. The number of para-hydroxylation sites is 1. The molecule has 0 fully saturated rings. The Kier molecular flexibility index (Phi) is 4.08. The number of rotatable bonds is 2. The molecule has 0 aliphatic heterocycles. The van der Waals surface area contributed by atoms with Crippen LogP contribution in [0.1, 0.15) is 15.9 Å². The summed E-state index contributed by atoms with van der Waals surface area (Å²) in [5.74, 6) is -1.44. The summed E-state index contributed by atoms with van der Waals surface area (Å²) < 4.78 is 43.6. The van der Waals surface area contributed by atoms with E-state index in [1.165, 1.54) is 30.6 Å². The van der Waals surface area contributed by atoms with Crippen molar-refractivity contribution in [1.82, 2.24) is 4.98 Å². The van der Waals surface area contributed by atoms with Crippen LogP contribution in [0, 0.1) is 0 Å². The maximum Gasteiger partial charge on any atom is 0.419 e. The zero-order chi connectivity index (χ0) is 14.8. The summed E-state index contributed by atoms with van der Waals surface area (Å²) in [6.07, 6.45) is -1.93. The van der Waals surface area contributed by atoms with Crippen molar-refractivity contribution in [2.24, 2.45) is 0 Å². The normalized spacial score (nSPS) is 11.2. The minimum absolute atomic E-state index is 0.0522. The van der Waals surface area contributed by atoms with Gasteiger partial charge in [0, 0.05) is 16.9 Å². The van der Waals surface area contributed by atoms with Crippen LogP contribution in [0.25, 0.3) is 0 Å². The highest BCUT2D eigenvalue weighted by Crippen LogP contribution is 2.36. The molecule has 0 atom stereocenters. The van der Waals surface area contributed by atoms with Gasteiger partial charge in [-0.15, -0.1) is 0 Å². The maximum atomic E-state index is 12.8. The number of pyridine rings is 1. The number of alkyl halides is 3. The monoisotopic (exact) mass is 345 g/mol. The van der Waals surface area contributed by atoms with Crippen LogP contribution in [0.15, 0.2) is 47.2 Å². The van der Waals surface area contributed by atoms with Gasteiger partial charge in [0.2, 0.25) is 0 Å². The lowest BCUT2D eigenvalue weighted by atomic mass is 10.2. The predicted octanol–water partition coefficient (Wildman–Crippen LogP) is 4.08. The van der Waals surface area contributed by atoms with Gasteiger partial charge in [-0.1, -0.05) is 12.1 Å². The van der Waals surface area contributed by atoms with E-state index in [1.807, 2.05) is 0 Å². The molecule has 2 aromatic rings. The van der Waals surface area contributed by atoms with Gasteiger partial charge in [-0.05, 0) is 34.1 Å². The third-order valence-electron chi connectivity index (χ3n) is 2.34. The van der Waals surface area contributed by atoms with Crippen LogP contribution in [-0.2, 0) is 6.18 Å². The number of esters is 1. The van der Waals surface area contributed by atoms with Gasteiger partial charge in [0.15, 0.2) is 0 Å². The molecule has 0 aliphatic rings. The highest BCUT2D eigenvalue weighted by Gasteiger charge is 2.34. The summed E-state index contributed by atoms with van der Waals surface area (Å²) in [5, 5.41) is 0. The van der Waals surface area contributed by atoms with Crippen molar-refractivity contribution in [3.63, 3.8) is 0 Å². The Bertz CT molecular complexity index is 644. The number of hydrogen-bond acceptors (Lipinski definition) is 3. The van der Waals surface area contributed by atoms with Crippen LogP contribution in [-0.4, -0.2) is 11.0 Å². The van der Waals surface area contributed by atoms with Crippen LogP contribution in [0.5, 0.6) is 5.75 Å². The molecule has 0 aliphatic carbocycles. The number of benzene rings is 1. The van der Waals surface area contributed by atoms with E-state index in [4.69, 9.17) is 4.74 Å². The third kappa shape index (κ3) is 3.36. The largest absolute Gasteiger partial charge is 0.422 e. The van der Waals surface area contributed by atoms with Gasteiger partial charge in [-0.25, -0.2) is 4.79 Å². The lowest BCUT2D eigenvalue weighted by Gasteiger charge is -2.12. The molecule has 1 aromatic heterocycles. The smallest absolute Gasteiger partial charge is 0.419 e. The van der Waals surface area contributed by atoms with E-state index >= 15 is 0 Å². The first-order chi connectivity index (χ1) is 9.38. The highest BCUT2D eigenvalue weighted by atomic mass is 79.9. The Balaban J connectivity index is 2.29. The Morgan fingerprint density at radius 2 is 1.90 bits per heavy atom. The van der Waals surface area contributed by atoms with Crippen LogP contribution >= 0.6 is 15.9 Å². The molecule has 0 radical (unpaired) electrons. The standard InChI is InChI=1S/C13H7BrF3NO2/c14-9-5-8(6-18-7-9)12(19)20-11-4-2-1-3-10(11)13(15,16)17/h1-7H. The van der Waals surface area contributed by atoms with Gasteiger partial charge in [0.25, 0.3) is 0 Å². The summed E-state index contributed by atoms with van der Waals surface area (Å²) in [5.41, 5.74) is -0.951. The summed E-state index contributed by atoms with van der Waals surface area (Å²) in [4.78, 5) is 15.5. The Morgan fingerprint density at radius 3 is 2.55 bits per heavy atom. The zero-order valence-electron chi connectivity index (χ0n) is 9.82. The van der Waals surface area contributed by atoms with Crippen molar-refractivity contribution < 1.29 is 22.7 Å². The van der Waals surface area contributed by atoms with Crippen LogP contribution in [0.3, 0.4) is 0 Å². The van der Waals surface area contributed by atoms with Crippen molar-refractivity contribution in [2.45, 2.75) is 6.18 Å². The minimum Gasteiger partial charge on any atom is -0.422 e. The topological polar surface area (TPSA) is 39.2 Å². The van der Waals surface area contributed by atoms with E-state index in [0.717, 1.165) is 12.1 Å². The van der Waals surface area contributed by atoms with E-state index in [1.54, 1.807) is 0 Å². The van der Waals surface area contributed by atoms with Gasteiger partial charge in [-0.2, -0.15) is 13.2 Å². The van der Waals surface area contributed by atoms with E-state index in [2.05, 4.69) is 20.9 Å². The third-order valence-corrected chi connectivity index (χ3v) is 2.77. The maximum absolute atomic E-state index is 12.8. The molecule has 3 nitrogen and oxygen atoms in total. The van der Waals surface area contributed by atoms with Gasteiger partial charge >= 0.3 is 12.1 Å². The minimum atomic E-state index is -4.59. The quantitative estimate of drug-likeness (QED) is 0.608. The predicted molar refractivity (Wildman–Crippen MR) is 68.3 cm³/mol. The summed E-state index contributed by atoms with van der Waals surface area (Å²) >= 11 is 3.11. The van der Waals surface area contributed by atoms with Crippen molar-refractivity contribution >= 4 is 21.9 Å². The second-order valence-electron chi connectivity index (χ2n) is 3.78. The molecule has 1 aromatic carbocycles. The number of carbonyl (C=O) groups excluding carboxylic acids is 1. The Hall–Kier alpha value is -1.89. The Labute approximate surface area is 120 Å². The number of nitrogens with zero attached hydrogens (tertiary/aromatic N) is 1. The molecule has 104 valence electrons. The molecule has 0 N–H and O–H groups in total. The Morgan fingerprint density at radius 1 is 1.20 bits per heavy atom. The molecular weight excluding hydrogens is 339 g/mol. The molecular formula is C13H7BrF3NO2. The van der Waals surface area contributed by atoms with Gasteiger partial charge in [0.1, 0.15) is 5.75 Å². The number of ether oxygens (including phenoxy) is 1. The van der Waals surface area contributed by atoms with Gasteiger partial charge in [-0.3, -0.25) is 4.98 Å². The first-order valence-corrected chi connectivity index (χ1v) is 6.16. The number of carbonyl (C=O) groups is 1. The van der Waals surface area contributed by atoms with Crippen molar-refractivity contribution in [3.05, 3.63) is 58.3 Å². The summed E-state index contributed by atoms with van der Waals surface area (Å²) in [6, 6.07) is 5.93. The molecule has 1 heterocycles. The van der Waals surface area contributed by atoms with E-state index in [0.29, 0.717) is 4.47 Å². The fourth-order valence-corrected chi connectivity index (χ4v) is 1.84. The van der Waals surface area contributed by atoms with Crippen molar-refractivity contribution in [3.8, 4) is 5.75 Å². The van der Waals surface area contributed by atoms with Crippen LogP contribution in [0.4, 0.5) is 13.2 Å². The summed E-state index contributed by atoms with van der Waals surface area (Å²) in [6.45, 7) is 0. The second kappa shape index (κ2) is 5.62. The van der Waals surface area contributed by atoms with E-state index in [9.17, 15) is 18.0 Å². The van der Waals surface area contributed by atoms with Crippen LogP contribution in [0.2, 0.25) is 0 Å². The number of halogens is 4. The SMILES string of the molecule is O=C(Oc1ccccc1C(F)(F)F)c1cncc(Br)c1. The number of hydrogen-bond donors (Lipinski definition) is 0.